The molecule has 0 aliphatic carbocycles. The molecule has 1 aromatic heterocycles. The van der Waals surface area contributed by atoms with Crippen molar-refractivity contribution in [3.63, 3.8) is 0 Å². The van der Waals surface area contributed by atoms with Crippen LogP contribution in [0.2, 0.25) is 0 Å². The maximum atomic E-state index is 3.47. The van der Waals surface area contributed by atoms with E-state index in [0.717, 1.165) is 13.1 Å². The Kier molecular flexibility index (Phi) is 6.48. The summed E-state index contributed by atoms with van der Waals surface area (Å²) in [6.45, 7) is 4.40. The summed E-state index contributed by atoms with van der Waals surface area (Å²) in [5, 5.41) is 5.66. The molecule has 0 aliphatic heterocycles. The van der Waals surface area contributed by atoms with Crippen molar-refractivity contribution in [3.8, 4) is 0 Å². The first-order chi connectivity index (χ1) is 6.83. The van der Waals surface area contributed by atoms with E-state index in [0.29, 0.717) is 0 Å². The third-order valence-electron chi connectivity index (χ3n) is 2.16. The Hall–Kier alpha value is 0.140. The van der Waals surface area contributed by atoms with Gasteiger partial charge >= 0.3 is 0 Å². The van der Waals surface area contributed by atoms with Crippen LogP contribution in [0.1, 0.15) is 38.2 Å². The van der Waals surface area contributed by atoms with Crippen LogP contribution in [0.4, 0.5) is 0 Å². The van der Waals surface area contributed by atoms with E-state index < -0.39 is 0 Å². The molecule has 0 saturated carbocycles. The summed E-state index contributed by atoms with van der Waals surface area (Å²) in [6, 6.07) is 2.18. The van der Waals surface area contributed by atoms with E-state index in [9.17, 15) is 0 Å². The first-order valence-electron chi connectivity index (χ1n) is 5.26. The van der Waals surface area contributed by atoms with Crippen LogP contribution in [-0.2, 0) is 6.54 Å². The van der Waals surface area contributed by atoms with Gasteiger partial charge in [0.2, 0.25) is 0 Å². The minimum atomic E-state index is 1.01. The van der Waals surface area contributed by atoms with E-state index in [1.807, 2.05) is 0 Å². The predicted molar refractivity (Wildman–Crippen MR) is 67.9 cm³/mol. The lowest BCUT2D eigenvalue weighted by molar-refractivity contribution is 0.598. The molecule has 0 bridgehead atoms. The maximum absolute atomic E-state index is 3.47. The molecule has 80 valence electrons. The quantitative estimate of drug-likeness (QED) is 0.737. The number of thiophene rings is 1. The molecule has 1 aromatic rings. The maximum Gasteiger partial charge on any atom is 0.0701 e. The highest BCUT2D eigenvalue weighted by atomic mass is 79.9. The number of hydrogen-bond acceptors (Lipinski definition) is 2. The second kappa shape index (κ2) is 7.43. The molecule has 0 spiro atoms. The second-order valence-electron chi connectivity index (χ2n) is 3.50. The molecule has 1 heterocycles. The van der Waals surface area contributed by atoms with Crippen LogP contribution in [0, 0.1) is 0 Å². The fourth-order valence-corrected chi connectivity index (χ4v) is 2.56. The highest BCUT2D eigenvalue weighted by molar-refractivity contribution is 9.11. The molecule has 3 heteroatoms. The van der Waals surface area contributed by atoms with Gasteiger partial charge in [-0.25, -0.2) is 0 Å². The zero-order chi connectivity index (χ0) is 10.2. The average Bonchev–Trinajstić information content (AvgIpc) is 2.58. The van der Waals surface area contributed by atoms with E-state index in [2.05, 4.69) is 39.6 Å². The van der Waals surface area contributed by atoms with Gasteiger partial charge in [-0.2, -0.15) is 0 Å². The normalized spacial score (nSPS) is 10.7. The van der Waals surface area contributed by atoms with Crippen molar-refractivity contribution < 1.29 is 0 Å². The smallest absolute Gasteiger partial charge is 0.0701 e. The number of hydrogen-bond donors (Lipinski definition) is 1. The van der Waals surface area contributed by atoms with Gasteiger partial charge in [0, 0.05) is 6.54 Å². The van der Waals surface area contributed by atoms with Gasteiger partial charge in [0.25, 0.3) is 0 Å². The first-order valence-corrected chi connectivity index (χ1v) is 6.94. The average molecular weight is 276 g/mol. The molecule has 0 unspecified atom stereocenters. The molecular formula is C11H18BrNS. The summed E-state index contributed by atoms with van der Waals surface area (Å²) in [5.74, 6) is 0. The van der Waals surface area contributed by atoms with Crippen LogP contribution in [0.5, 0.6) is 0 Å². The second-order valence-corrected chi connectivity index (χ2v) is 5.79. The first kappa shape index (κ1) is 12.2. The number of nitrogens with one attached hydrogen (secondary N) is 1. The van der Waals surface area contributed by atoms with Crippen LogP contribution in [0.15, 0.2) is 15.2 Å². The van der Waals surface area contributed by atoms with E-state index in [4.69, 9.17) is 0 Å². The lowest BCUT2D eigenvalue weighted by Gasteiger charge is -2.02. The van der Waals surface area contributed by atoms with Crippen molar-refractivity contribution in [2.45, 2.75) is 39.2 Å². The van der Waals surface area contributed by atoms with Crippen LogP contribution >= 0.6 is 27.3 Å². The molecule has 0 saturated heterocycles. The SMILES string of the molecule is CCCCCCNCc1csc(Br)c1. The van der Waals surface area contributed by atoms with Crippen LogP contribution in [0.3, 0.4) is 0 Å². The minimum Gasteiger partial charge on any atom is -0.313 e. The molecule has 1 nitrogen and oxygen atoms in total. The standard InChI is InChI=1S/C11H18BrNS/c1-2-3-4-5-6-13-8-10-7-11(12)14-9-10/h7,9,13H,2-6,8H2,1H3. The largest absolute Gasteiger partial charge is 0.313 e. The lowest BCUT2D eigenvalue weighted by Crippen LogP contribution is -2.13. The van der Waals surface area contributed by atoms with Crippen molar-refractivity contribution in [2.75, 3.05) is 6.54 Å². The topological polar surface area (TPSA) is 12.0 Å². The van der Waals surface area contributed by atoms with Gasteiger partial charge in [-0.15, -0.1) is 11.3 Å². The molecule has 0 aromatic carbocycles. The molecule has 0 atom stereocenters. The van der Waals surface area contributed by atoms with Gasteiger partial charge in [-0.3, -0.25) is 0 Å². The third kappa shape index (κ3) is 5.13. The Morgan fingerprint density at radius 2 is 2.21 bits per heavy atom. The van der Waals surface area contributed by atoms with E-state index in [1.165, 1.54) is 35.0 Å². The van der Waals surface area contributed by atoms with Crippen molar-refractivity contribution in [3.05, 3.63) is 20.8 Å². The van der Waals surface area contributed by atoms with Crippen LogP contribution < -0.4 is 5.32 Å². The zero-order valence-corrected chi connectivity index (χ0v) is 11.1. The van der Waals surface area contributed by atoms with Crippen molar-refractivity contribution in [1.82, 2.24) is 5.32 Å². The van der Waals surface area contributed by atoms with Gasteiger partial charge in [0.15, 0.2) is 0 Å². The number of rotatable bonds is 7. The van der Waals surface area contributed by atoms with E-state index in [-0.39, 0.29) is 0 Å². The predicted octanol–water partition coefficient (Wildman–Crippen LogP) is 4.18. The Balaban J connectivity index is 1.99. The van der Waals surface area contributed by atoms with Gasteiger partial charge in [-0.05, 0) is 45.9 Å². The molecule has 1 N–H and O–H groups in total. The van der Waals surface area contributed by atoms with E-state index >= 15 is 0 Å². The molecule has 1 rings (SSSR count). The Bertz CT molecular complexity index is 247. The molecule has 0 amide bonds. The number of unbranched alkanes of at least 4 members (excludes halogenated alkanes) is 3. The molecular weight excluding hydrogens is 258 g/mol. The molecule has 0 aliphatic rings. The van der Waals surface area contributed by atoms with Crippen LogP contribution in [0.25, 0.3) is 0 Å². The molecule has 0 radical (unpaired) electrons. The van der Waals surface area contributed by atoms with Gasteiger partial charge in [0.1, 0.15) is 0 Å². The summed E-state index contributed by atoms with van der Waals surface area (Å²) in [4.78, 5) is 0. The summed E-state index contributed by atoms with van der Waals surface area (Å²) < 4.78 is 1.22. The fraction of sp³-hybridized carbons (Fsp3) is 0.636. The Labute approximate surface area is 99.0 Å². The molecule has 14 heavy (non-hydrogen) atoms. The van der Waals surface area contributed by atoms with Crippen molar-refractivity contribution in [2.24, 2.45) is 0 Å². The molecule has 0 fully saturated rings. The summed E-state index contributed by atoms with van der Waals surface area (Å²) >= 11 is 5.22. The summed E-state index contributed by atoms with van der Waals surface area (Å²) in [7, 11) is 0. The minimum absolute atomic E-state index is 1.01. The summed E-state index contributed by atoms with van der Waals surface area (Å²) in [6.07, 6.45) is 5.35. The highest BCUT2D eigenvalue weighted by Gasteiger charge is 1.95. The Morgan fingerprint density at radius 1 is 1.36 bits per heavy atom. The van der Waals surface area contributed by atoms with Gasteiger partial charge in [0.05, 0.1) is 3.79 Å². The lowest BCUT2D eigenvalue weighted by atomic mass is 10.2. The monoisotopic (exact) mass is 275 g/mol. The highest BCUT2D eigenvalue weighted by Crippen LogP contribution is 2.20. The fourth-order valence-electron chi connectivity index (χ4n) is 1.35. The van der Waals surface area contributed by atoms with Gasteiger partial charge < -0.3 is 5.32 Å². The van der Waals surface area contributed by atoms with Crippen LogP contribution in [-0.4, -0.2) is 6.54 Å². The summed E-state index contributed by atoms with van der Waals surface area (Å²) in [5.41, 5.74) is 1.39. The van der Waals surface area contributed by atoms with E-state index in [1.54, 1.807) is 11.3 Å². The van der Waals surface area contributed by atoms with Gasteiger partial charge in [-0.1, -0.05) is 26.2 Å². The zero-order valence-electron chi connectivity index (χ0n) is 8.68. The van der Waals surface area contributed by atoms with Crippen molar-refractivity contribution in [1.29, 1.82) is 0 Å². The third-order valence-corrected chi connectivity index (χ3v) is 3.71. The van der Waals surface area contributed by atoms with Crippen molar-refractivity contribution >= 4 is 27.3 Å². The number of halogens is 1. The Morgan fingerprint density at radius 3 is 2.86 bits per heavy atom.